The van der Waals surface area contributed by atoms with E-state index in [0.29, 0.717) is 5.69 Å². The van der Waals surface area contributed by atoms with E-state index in [-0.39, 0.29) is 29.2 Å². The Labute approximate surface area is 116 Å². The molecule has 0 aromatic heterocycles. The van der Waals surface area contributed by atoms with Gasteiger partial charge in [-0.25, -0.2) is 0 Å². The van der Waals surface area contributed by atoms with Gasteiger partial charge >= 0.3 is 0 Å². The lowest BCUT2D eigenvalue weighted by molar-refractivity contribution is -0.384. The van der Waals surface area contributed by atoms with E-state index >= 15 is 0 Å². The molecule has 0 aliphatic carbocycles. The second kappa shape index (κ2) is 6.38. The molecule has 0 aliphatic heterocycles. The van der Waals surface area contributed by atoms with Crippen molar-refractivity contribution in [3.8, 4) is 0 Å². The molecule has 6 nitrogen and oxygen atoms in total. The molecule has 0 spiro atoms. The maximum Gasteiger partial charge on any atom is 0.271 e. The van der Waals surface area contributed by atoms with E-state index in [0.717, 1.165) is 0 Å². The Kier molecular flexibility index (Phi) is 5.11. The molecule has 0 unspecified atom stereocenters. The lowest BCUT2D eigenvalue weighted by Gasteiger charge is -2.20. The highest BCUT2D eigenvalue weighted by molar-refractivity contribution is 6.33. The van der Waals surface area contributed by atoms with Gasteiger partial charge in [-0.1, -0.05) is 11.6 Å². The average molecular weight is 286 g/mol. The summed E-state index contributed by atoms with van der Waals surface area (Å²) >= 11 is 5.98. The maximum atomic E-state index is 11.6. The summed E-state index contributed by atoms with van der Waals surface area (Å²) in [7, 11) is 1.70. The number of nitrogens with one attached hydrogen (secondary N) is 1. The minimum atomic E-state index is -0.513. The van der Waals surface area contributed by atoms with Gasteiger partial charge in [0.25, 0.3) is 5.69 Å². The first-order valence-corrected chi connectivity index (χ1v) is 6.13. The molecule has 0 saturated carbocycles. The molecule has 0 atom stereocenters. The number of anilines is 1. The average Bonchev–Trinajstić information content (AvgIpc) is 2.26. The summed E-state index contributed by atoms with van der Waals surface area (Å²) in [5.41, 5.74) is 0.500. The molecule has 1 rings (SSSR count). The van der Waals surface area contributed by atoms with Crippen LogP contribution >= 0.6 is 11.6 Å². The summed E-state index contributed by atoms with van der Waals surface area (Å²) in [6.45, 7) is 3.88. The Morgan fingerprint density at radius 2 is 2.16 bits per heavy atom. The van der Waals surface area contributed by atoms with Gasteiger partial charge in [0.15, 0.2) is 0 Å². The van der Waals surface area contributed by atoms with Crippen molar-refractivity contribution in [3.05, 3.63) is 33.3 Å². The van der Waals surface area contributed by atoms with Crippen molar-refractivity contribution in [1.82, 2.24) is 5.32 Å². The van der Waals surface area contributed by atoms with Gasteiger partial charge in [0.05, 0.1) is 22.2 Å². The van der Waals surface area contributed by atoms with Crippen molar-refractivity contribution in [2.45, 2.75) is 19.9 Å². The lowest BCUT2D eigenvalue weighted by Crippen LogP contribution is -2.38. The second-order valence-electron chi connectivity index (χ2n) is 4.47. The van der Waals surface area contributed by atoms with Crippen molar-refractivity contribution >= 4 is 28.9 Å². The topological polar surface area (TPSA) is 75.5 Å². The molecule has 0 fully saturated rings. The standard InChI is InChI=1S/C12H16ClN3O3/c1-8(2)14-12(17)7-15(3)11-5-4-9(16(18)19)6-10(11)13/h4-6,8H,7H2,1-3H3,(H,14,17). The molecule has 0 heterocycles. The third-order valence-corrected chi connectivity index (χ3v) is 2.69. The number of halogens is 1. The van der Waals surface area contributed by atoms with E-state index in [1.165, 1.54) is 18.2 Å². The molecular formula is C12H16ClN3O3. The number of rotatable bonds is 5. The Morgan fingerprint density at radius 3 is 2.63 bits per heavy atom. The molecule has 19 heavy (non-hydrogen) atoms. The zero-order valence-corrected chi connectivity index (χ0v) is 11.8. The van der Waals surface area contributed by atoms with Crippen molar-refractivity contribution in [2.75, 3.05) is 18.5 Å². The third kappa shape index (κ3) is 4.40. The predicted octanol–water partition coefficient (Wildman–Crippen LogP) is 2.21. The summed E-state index contributed by atoms with van der Waals surface area (Å²) in [6, 6.07) is 4.22. The minimum absolute atomic E-state index is 0.0632. The molecule has 7 heteroatoms. The minimum Gasteiger partial charge on any atom is -0.364 e. The fraction of sp³-hybridized carbons (Fsp3) is 0.417. The highest BCUT2D eigenvalue weighted by Gasteiger charge is 2.14. The maximum absolute atomic E-state index is 11.6. The number of nitro groups is 1. The zero-order valence-electron chi connectivity index (χ0n) is 11.0. The number of carbonyl (C=O) groups excluding carboxylic acids is 1. The van der Waals surface area contributed by atoms with Gasteiger partial charge in [-0.05, 0) is 19.9 Å². The van der Waals surface area contributed by atoms with Gasteiger partial charge in [0.2, 0.25) is 5.91 Å². The van der Waals surface area contributed by atoms with Crippen molar-refractivity contribution < 1.29 is 9.72 Å². The second-order valence-corrected chi connectivity index (χ2v) is 4.88. The third-order valence-electron chi connectivity index (χ3n) is 2.38. The van der Waals surface area contributed by atoms with Crippen LogP contribution in [0.2, 0.25) is 5.02 Å². The number of carbonyl (C=O) groups is 1. The molecule has 1 amide bonds. The van der Waals surface area contributed by atoms with Crippen LogP contribution in [-0.4, -0.2) is 30.5 Å². The van der Waals surface area contributed by atoms with Gasteiger partial charge in [-0.15, -0.1) is 0 Å². The zero-order chi connectivity index (χ0) is 14.6. The van der Waals surface area contributed by atoms with Gasteiger partial charge in [0, 0.05) is 25.2 Å². The quantitative estimate of drug-likeness (QED) is 0.665. The van der Waals surface area contributed by atoms with Crippen LogP contribution < -0.4 is 10.2 Å². The monoisotopic (exact) mass is 285 g/mol. The highest BCUT2D eigenvalue weighted by atomic mass is 35.5. The fourth-order valence-electron chi connectivity index (χ4n) is 1.59. The van der Waals surface area contributed by atoms with E-state index in [2.05, 4.69) is 5.32 Å². The van der Waals surface area contributed by atoms with Gasteiger partial charge < -0.3 is 10.2 Å². The summed E-state index contributed by atoms with van der Waals surface area (Å²) in [4.78, 5) is 23.4. The molecule has 1 aromatic rings. The van der Waals surface area contributed by atoms with Crippen LogP contribution in [0, 0.1) is 10.1 Å². The van der Waals surface area contributed by atoms with E-state index in [1.807, 2.05) is 13.8 Å². The summed E-state index contributed by atoms with van der Waals surface area (Å²) in [5, 5.41) is 13.6. The summed E-state index contributed by atoms with van der Waals surface area (Å²) in [5.74, 6) is -0.132. The number of nitro benzene ring substituents is 1. The van der Waals surface area contributed by atoms with E-state index in [1.54, 1.807) is 11.9 Å². The Morgan fingerprint density at radius 1 is 1.53 bits per heavy atom. The number of amides is 1. The first-order chi connectivity index (χ1) is 8.81. The number of likely N-dealkylation sites (N-methyl/N-ethyl adjacent to an activating group) is 1. The van der Waals surface area contributed by atoms with Gasteiger partial charge in [0.1, 0.15) is 0 Å². The summed E-state index contributed by atoms with van der Waals surface area (Å²) < 4.78 is 0. The first-order valence-electron chi connectivity index (χ1n) is 5.75. The number of hydrogen-bond donors (Lipinski definition) is 1. The molecule has 0 aliphatic rings. The van der Waals surface area contributed by atoms with Crippen LogP contribution in [0.15, 0.2) is 18.2 Å². The van der Waals surface area contributed by atoms with E-state index in [9.17, 15) is 14.9 Å². The van der Waals surface area contributed by atoms with Crippen LogP contribution in [0.3, 0.4) is 0 Å². The molecule has 0 saturated heterocycles. The Bertz CT molecular complexity index is 491. The van der Waals surface area contributed by atoms with Gasteiger partial charge in [-0.3, -0.25) is 14.9 Å². The lowest BCUT2D eigenvalue weighted by atomic mass is 10.2. The molecule has 104 valence electrons. The Balaban J connectivity index is 2.80. The number of nitrogens with zero attached hydrogens (tertiary/aromatic N) is 2. The van der Waals surface area contributed by atoms with Gasteiger partial charge in [-0.2, -0.15) is 0 Å². The number of hydrogen-bond acceptors (Lipinski definition) is 4. The molecule has 1 aromatic carbocycles. The van der Waals surface area contributed by atoms with Crippen LogP contribution in [0.4, 0.5) is 11.4 Å². The van der Waals surface area contributed by atoms with Crippen LogP contribution in [-0.2, 0) is 4.79 Å². The normalized spacial score (nSPS) is 10.4. The first kappa shape index (κ1) is 15.2. The van der Waals surface area contributed by atoms with Crippen LogP contribution in [0.5, 0.6) is 0 Å². The van der Waals surface area contributed by atoms with E-state index in [4.69, 9.17) is 11.6 Å². The SMILES string of the molecule is CC(C)NC(=O)CN(C)c1ccc([N+](=O)[O-])cc1Cl. The van der Waals surface area contributed by atoms with E-state index < -0.39 is 4.92 Å². The van der Waals surface area contributed by atoms with Crippen LogP contribution in [0.1, 0.15) is 13.8 Å². The number of non-ortho nitro benzene ring substituents is 1. The highest BCUT2D eigenvalue weighted by Crippen LogP contribution is 2.28. The fourth-order valence-corrected chi connectivity index (χ4v) is 1.91. The van der Waals surface area contributed by atoms with Crippen molar-refractivity contribution in [1.29, 1.82) is 0 Å². The molecular weight excluding hydrogens is 270 g/mol. The molecule has 0 radical (unpaired) electrons. The predicted molar refractivity (Wildman–Crippen MR) is 74.7 cm³/mol. The van der Waals surface area contributed by atoms with Crippen molar-refractivity contribution in [2.24, 2.45) is 0 Å². The Hall–Kier alpha value is -1.82. The number of benzene rings is 1. The molecule has 1 N–H and O–H groups in total. The largest absolute Gasteiger partial charge is 0.364 e. The van der Waals surface area contributed by atoms with Crippen LogP contribution in [0.25, 0.3) is 0 Å². The summed E-state index contributed by atoms with van der Waals surface area (Å²) in [6.07, 6.45) is 0. The van der Waals surface area contributed by atoms with Crippen molar-refractivity contribution in [3.63, 3.8) is 0 Å². The smallest absolute Gasteiger partial charge is 0.271 e. The molecule has 0 bridgehead atoms.